The van der Waals surface area contributed by atoms with Crippen molar-refractivity contribution in [3.05, 3.63) is 69.0 Å². The Balaban J connectivity index is 1.50. The van der Waals surface area contributed by atoms with Crippen molar-refractivity contribution in [2.24, 2.45) is 5.92 Å². The number of carbonyl (C=O) groups excluding carboxylic acids is 1. The molecule has 2 aromatic rings. The number of anilines is 1. The van der Waals surface area contributed by atoms with E-state index in [0.717, 1.165) is 11.6 Å². The van der Waals surface area contributed by atoms with Crippen LogP contribution in [-0.4, -0.2) is 45.9 Å². The lowest BCUT2D eigenvalue weighted by molar-refractivity contribution is -0.385. The molecular weight excluding hydrogens is 453 g/mol. The highest BCUT2D eigenvalue weighted by molar-refractivity contribution is 6.31. The fraction of sp³-hybridized carbons (Fsp3) is 0.391. The van der Waals surface area contributed by atoms with Crippen LogP contribution in [0.3, 0.4) is 0 Å². The summed E-state index contributed by atoms with van der Waals surface area (Å²) >= 11 is 6.35. The fourth-order valence-electron chi connectivity index (χ4n) is 4.86. The molecule has 0 spiro atoms. The quantitative estimate of drug-likeness (QED) is 0.507. The minimum atomic E-state index is -1.04. The summed E-state index contributed by atoms with van der Waals surface area (Å²) in [7, 11) is 0. The number of non-ortho nitro benzene ring substituents is 1. The Hall–Kier alpha value is -3.20. The largest absolute Gasteiger partial charge is 0.480 e. The van der Waals surface area contributed by atoms with Crippen molar-refractivity contribution in [1.82, 2.24) is 4.90 Å². The van der Waals surface area contributed by atoms with E-state index in [2.05, 4.69) is 0 Å². The number of nitro groups is 1. The molecule has 0 radical (unpaired) electrons. The van der Waals surface area contributed by atoms with Gasteiger partial charge in [-0.05, 0) is 43.4 Å². The molecule has 10 heteroatoms. The SMILES string of the molecule is O=C(O)[C@@H]1CC[C@H](c2ccccc2Cl)N1C(=O)C1CCN(c2ccc([N+](=O)[O-])cc2F)CC1. The molecule has 2 heterocycles. The zero-order valence-corrected chi connectivity index (χ0v) is 18.4. The molecule has 33 heavy (non-hydrogen) atoms. The molecule has 8 nitrogen and oxygen atoms in total. The van der Waals surface area contributed by atoms with Crippen molar-refractivity contribution in [3.63, 3.8) is 0 Å². The summed E-state index contributed by atoms with van der Waals surface area (Å²) in [5.74, 6) is -2.34. The second kappa shape index (κ2) is 9.35. The molecule has 0 aromatic heterocycles. The van der Waals surface area contributed by atoms with Gasteiger partial charge in [-0.25, -0.2) is 9.18 Å². The van der Waals surface area contributed by atoms with E-state index < -0.39 is 34.7 Å². The van der Waals surface area contributed by atoms with Gasteiger partial charge in [0.15, 0.2) is 5.82 Å². The number of nitrogens with zero attached hydrogens (tertiary/aromatic N) is 3. The lowest BCUT2D eigenvalue weighted by atomic mass is 9.93. The lowest BCUT2D eigenvalue weighted by Gasteiger charge is -2.37. The molecule has 0 saturated carbocycles. The molecule has 2 aromatic carbocycles. The normalized spacial score (nSPS) is 21.3. The first-order valence-corrected chi connectivity index (χ1v) is 11.1. The van der Waals surface area contributed by atoms with Crippen molar-refractivity contribution < 1.29 is 24.0 Å². The Morgan fingerprint density at radius 2 is 1.79 bits per heavy atom. The van der Waals surface area contributed by atoms with Gasteiger partial charge < -0.3 is 14.9 Å². The summed E-state index contributed by atoms with van der Waals surface area (Å²) < 4.78 is 14.4. The van der Waals surface area contributed by atoms with Gasteiger partial charge in [0.25, 0.3) is 5.69 Å². The standard InChI is InChI=1S/C23H23ClFN3O5/c24-17-4-2-1-3-16(17)19-7-8-21(23(30)31)27(19)22(29)14-9-11-26(12-10-14)20-6-5-15(28(32)33)13-18(20)25/h1-6,13-14,19,21H,7-12H2,(H,30,31)/t19-,21+/m1/s1. The number of nitro benzene ring substituents is 1. The number of aliphatic carboxylic acids is 1. The first kappa shape index (κ1) is 23.0. The molecule has 2 fully saturated rings. The number of carboxylic acids is 1. The summed E-state index contributed by atoms with van der Waals surface area (Å²) in [6, 6.07) is 9.35. The maximum atomic E-state index is 14.4. The third-order valence-corrected chi connectivity index (χ3v) is 6.86. The second-order valence-corrected chi connectivity index (χ2v) is 8.78. The molecule has 0 aliphatic carbocycles. The number of hydrogen-bond acceptors (Lipinski definition) is 5. The van der Waals surface area contributed by atoms with E-state index in [0.29, 0.717) is 43.8 Å². The highest BCUT2D eigenvalue weighted by Crippen LogP contribution is 2.41. The Morgan fingerprint density at radius 3 is 2.39 bits per heavy atom. The summed E-state index contributed by atoms with van der Waals surface area (Å²) in [5.41, 5.74) is 0.673. The zero-order valence-electron chi connectivity index (χ0n) is 17.7. The molecule has 2 aliphatic rings. The Bertz CT molecular complexity index is 1090. The van der Waals surface area contributed by atoms with Crippen molar-refractivity contribution in [3.8, 4) is 0 Å². The third kappa shape index (κ3) is 4.50. The van der Waals surface area contributed by atoms with Crippen LogP contribution in [-0.2, 0) is 9.59 Å². The number of rotatable bonds is 5. The third-order valence-electron chi connectivity index (χ3n) is 6.52. The van der Waals surface area contributed by atoms with Gasteiger partial charge in [-0.2, -0.15) is 0 Å². The number of likely N-dealkylation sites (tertiary alicyclic amines) is 1. The van der Waals surface area contributed by atoms with E-state index in [1.807, 2.05) is 12.1 Å². The van der Waals surface area contributed by atoms with E-state index in [4.69, 9.17) is 11.6 Å². The van der Waals surface area contributed by atoms with E-state index in [9.17, 15) is 29.2 Å². The maximum Gasteiger partial charge on any atom is 0.326 e. The second-order valence-electron chi connectivity index (χ2n) is 8.37. The molecule has 0 bridgehead atoms. The molecule has 1 amide bonds. The predicted molar refractivity (Wildman–Crippen MR) is 120 cm³/mol. The van der Waals surface area contributed by atoms with Crippen LogP contribution in [0.2, 0.25) is 5.02 Å². The highest BCUT2D eigenvalue weighted by atomic mass is 35.5. The minimum absolute atomic E-state index is 0.228. The van der Waals surface area contributed by atoms with Crippen molar-refractivity contribution in [2.75, 3.05) is 18.0 Å². The topological polar surface area (TPSA) is 104 Å². The number of benzene rings is 2. The van der Waals surface area contributed by atoms with Gasteiger partial charge in [0.1, 0.15) is 6.04 Å². The van der Waals surface area contributed by atoms with Gasteiger partial charge in [0, 0.05) is 30.1 Å². The van der Waals surface area contributed by atoms with Crippen molar-refractivity contribution in [1.29, 1.82) is 0 Å². The van der Waals surface area contributed by atoms with Gasteiger partial charge in [0.2, 0.25) is 5.91 Å². The fourth-order valence-corrected chi connectivity index (χ4v) is 5.12. The van der Waals surface area contributed by atoms with Crippen LogP contribution < -0.4 is 4.90 Å². The summed E-state index contributed by atoms with van der Waals surface area (Å²) in [6.07, 6.45) is 1.71. The van der Waals surface area contributed by atoms with E-state index in [1.165, 1.54) is 17.0 Å². The van der Waals surface area contributed by atoms with Gasteiger partial charge in [-0.1, -0.05) is 29.8 Å². The van der Waals surface area contributed by atoms with Crippen molar-refractivity contribution >= 4 is 34.9 Å². The van der Waals surface area contributed by atoms with Crippen LogP contribution in [0.5, 0.6) is 0 Å². The van der Waals surface area contributed by atoms with Gasteiger partial charge in [-0.15, -0.1) is 0 Å². The average molecular weight is 476 g/mol. The van der Waals surface area contributed by atoms with E-state index in [-0.39, 0.29) is 17.3 Å². The van der Waals surface area contributed by atoms with Crippen molar-refractivity contribution in [2.45, 2.75) is 37.8 Å². The van der Waals surface area contributed by atoms with Crippen LogP contribution in [0, 0.1) is 21.8 Å². The Kier molecular flexibility index (Phi) is 6.51. The van der Waals surface area contributed by atoms with Gasteiger partial charge in [0.05, 0.1) is 22.7 Å². The molecule has 1 N–H and O–H groups in total. The summed E-state index contributed by atoms with van der Waals surface area (Å²) in [6.45, 7) is 0.765. The minimum Gasteiger partial charge on any atom is -0.480 e. The molecule has 2 aliphatic heterocycles. The molecule has 0 unspecified atom stereocenters. The molecule has 174 valence electrons. The monoisotopic (exact) mass is 475 g/mol. The first-order valence-electron chi connectivity index (χ1n) is 10.8. The predicted octanol–water partition coefficient (Wildman–Crippen LogP) is 4.42. The number of piperidine rings is 1. The summed E-state index contributed by atoms with van der Waals surface area (Å²) in [4.78, 5) is 38.8. The number of hydrogen-bond donors (Lipinski definition) is 1. The zero-order chi connectivity index (χ0) is 23.7. The van der Waals surface area contributed by atoms with Crippen LogP contribution in [0.15, 0.2) is 42.5 Å². The number of halogens is 2. The van der Waals surface area contributed by atoms with Gasteiger partial charge >= 0.3 is 5.97 Å². The van der Waals surface area contributed by atoms with Crippen LogP contribution >= 0.6 is 11.6 Å². The van der Waals surface area contributed by atoms with E-state index in [1.54, 1.807) is 17.0 Å². The maximum absolute atomic E-state index is 14.4. The molecule has 4 rings (SSSR count). The average Bonchev–Trinajstić information content (AvgIpc) is 3.24. The van der Waals surface area contributed by atoms with E-state index >= 15 is 0 Å². The number of carbonyl (C=O) groups is 2. The smallest absolute Gasteiger partial charge is 0.326 e. The molecular formula is C23H23ClFN3O5. The Morgan fingerprint density at radius 1 is 1.09 bits per heavy atom. The van der Waals surface area contributed by atoms with Crippen LogP contribution in [0.4, 0.5) is 15.8 Å². The molecule has 2 atom stereocenters. The van der Waals surface area contributed by atoms with Crippen LogP contribution in [0.25, 0.3) is 0 Å². The highest BCUT2D eigenvalue weighted by Gasteiger charge is 2.44. The van der Waals surface area contributed by atoms with Crippen LogP contribution in [0.1, 0.15) is 37.3 Å². The lowest BCUT2D eigenvalue weighted by Crippen LogP contribution is -2.47. The number of amides is 1. The first-order chi connectivity index (χ1) is 15.8. The molecule has 2 saturated heterocycles. The summed E-state index contributed by atoms with van der Waals surface area (Å²) in [5, 5.41) is 21.1. The van der Waals surface area contributed by atoms with Gasteiger partial charge in [-0.3, -0.25) is 14.9 Å². The Labute approximate surface area is 194 Å². The number of carboxylic acid groups (broad SMARTS) is 1.